The molecule has 0 atom stereocenters. The molecular formula is C12H18N2O2. The van der Waals surface area contributed by atoms with Crippen LogP contribution in [0.15, 0.2) is 24.3 Å². The van der Waals surface area contributed by atoms with E-state index in [1.165, 1.54) is 0 Å². The van der Waals surface area contributed by atoms with E-state index in [1.54, 1.807) is 0 Å². The standard InChI is InChI=1S/C12H18N2O2/c1-2-16-9-12(15)14-8-11-6-4-3-5-10(11)7-13/h3-6H,2,7-9,13H2,1H3,(H,14,15). The molecule has 1 amide bonds. The highest BCUT2D eigenvalue weighted by atomic mass is 16.5. The van der Waals surface area contributed by atoms with Gasteiger partial charge in [0, 0.05) is 19.7 Å². The van der Waals surface area contributed by atoms with Crippen molar-refractivity contribution < 1.29 is 9.53 Å². The van der Waals surface area contributed by atoms with E-state index >= 15 is 0 Å². The second kappa shape index (κ2) is 6.98. The van der Waals surface area contributed by atoms with Gasteiger partial charge >= 0.3 is 0 Å². The zero-order chi connectivity index (χ0) is 11.8. The van der Waals surface area contributed by atoms with Crippen LogP contribution in [0, 0.1) is 0 Å². The number of hydrogen-bond acceptors (Lipinski definition) is 3. The number of carbonyl (C=O) groups is 1. The molecule has 0 aliphatic rings. The molecule has 16 heavy (non-hydrogen) atoms. The van der Waals surface area contributed by atoms with E-state index < -0.39 is 0 Å². The van der Waals surface area contributed by atoms with E-state index in [4.69, 9.17) is 10.5 Å². The summed E-state index contributed by atoms with van der Waals surface area (Å²) in [5.41, 5.74) is 7.71. The van der Waals surface area contributed by atoms with Crippen LogP contribution in [-0.2, 0) is 22.6 Å². The Kier molecular flexibility index (Phi) is 5.53. The molecule has 1 aromatic carbocycles. The Hall–Kier alpha value is -1.39. The first-order valence-corrected chi connectivity index (χ1v) is 5.39. The maximum Gasteiger partial charge on any atom is 0.246 e. The van der Waals surface area contributed by atoms with Crippen molar-refractivity contribution in [3.05, 3.63) is 35.4 Å². The van der Waals surface area contributed by atoms with E-state index in [9.17, 15) is 4.79 Å². The Labute approximate surface area is 95.8 Å². The van der Waals surface area contributed by atoms with Crippen molar-refractivity contribution in [1.29, 1.82) is 0 Å². The average Bonchev–Trinajstić information content (AvgIpc) is 2.34. The second-order valence-corrected chi connectivity index (χ2v) is 3.39. The summed E-state index contributed by atoms with van der Waals surface area (Å²) in [7, 11) is 0. The number of hydrogen-bond donors (Lipinski definition) is 2. The predicted molar refractivity (Wildman–Crippen MR) is 62.7 cm³/mol. The van der Waals surface area contributed by atoms with Crippen LogP contribution >= 0.6 is 0 Å². The Morgan fingerprint density at radius 1 is 1.38 bits per heavy atom. The fourth-order valence-corrected chi connectivity index (χ4v) is 1.37. The third-order valence-electron chi connectivity index (χ3n) is 2.25. The van der Waals surface area contributed by atoms with Crippen LogP contribution in [0.5, 0.6) is 0 Å². The van der Waals surface area contributed by atoms with Gasteiger partial charge in [0.25, 0.3) is 0 Å². The molecule has 3 N–H and O–H groups in total. The molecule has 4 nitrogen and oxygen atoms in total. The normalized spacial score (nSPS) is 10.1. The Morgan fingerprint density at radius 3 is 2.69 bits per heavy atom. The van der Waals surface area contributed by atoms with E-state index in [1.807, 2.05) is 31.2 Å². The van der Waals surface area contributed by atoms with Gasteiger partial charge < -0.3 is 15.8 Å². The lowest BCUT2D eigenvalue weighted by Gasteiger charge is -2.09. The maximum absolute atomic E-state index is 11.3. The molecule has 1 aromatic rings. The number of carbonyl (C=O) groups excluding carboxylic acids is 1. The van der Waals surface area contributed by atoms with Crippen molar-refractivity contribution >= 4 is 5.91 Å². The molecule has 0 unspecified atom stereocenters. The zero-order valence-corrected chi connectivity index (χ0v) is 9.53. The topological polar surface area (TPSA) is 64.3 Å². The monoisotopic (exact) mass is 222 g/mol. The van der Waals surface area contributed by atoms with Crippen molar-refractivity contribution in [3.8, 4) is 0 Å². The molecule has 0 aliphatic carbocycles. The fraction of sp³-hybridized carbons (Fsp3) is 0.417. The molecule has 0 aliphatic heterocycles. The van der Waals surface area contributed by atoms with Crippen molar-refractivity contribution in [2.24, 2.45) is 5.73 Å². The van der Waals surface area contributed by atoms with E-state index in [0.29, 0.717) is 19.7 Å². The zero-order valence-electron chi connectivity index (χ0n) is 9.53. The van der Waals surface area contributed by atoms with Crippen LogP contribution in [0.3, 0.4) is 0 Å². The van der Waals surface area contributed by atoms with E-state index in [2.05, 4.69) is 5.32 Å². The molecule has 0 saturated heterocycles. The van der Waals surface area contributed by atoms with Gasteiger partial charge in [0.15, 0.2) is 0 Å². The van der Waals surface area contributed by atoms with Gasteiger partial charge in [-0.2, -0.15) is 0 Å². The first-order chi connectivity index (χ1) is 7.77. The lowest BCUT2D eigenvalue weighted by atomic mass is 10.1. The second-order valence-electron chi connectivity index (χ2n) is 3.39. The van der Waals surface area contributed by atoms with Gasteiger partial charge in [0.05, 0.1) is 0 Å². The summed E-state index contributed by atoms with van der Waals surface area (Å²) in [6.45, 7) is 3.50. The highest BCUT2D eigenvalue weighted by Crippen LogP contribution is 2.06. The van der Waals surface area contributed by atoms with Crippen LogP contribution < -0.4 is 11.1 Å². The molecule has 0 aromatic heterocycles. The van der Waals surface area contributed by atoms with Crippen molar-refractivity contribution in [2.45, 2.75) is 20.0 Å². The molecule has 0 fully saturated rings. The third kappa shape index (κ3) is 4.00. The molecule has 0 heterocycles. The number of rotatable bonds is 6. The largest absolute Gasteiger partial charge is 0.372 e. The van der Waals surface area contributed by atoms with Crippen LogP contribution in [0.1, 0.15) is 18.1 Å². The smallest absolute Gasteiger partial charge is 0.246 e. The van der Waals surface area contributed by atoms with Gasteiger partial charge in [-0.3, -0.25) is 4.79 Å². The SMILES string of the molecule is CCOCC(=O)NCc1ccccc1CN. The van der Waals surface area contributed by atoms with Crippen LogP contribution in [-0.4, -0.2) is 19.1 Å². The van der Waals surface area contributed by atoms with E-state index in [-0.39, 0.29) is 12.5 Å². The molecule has 0 radical (unpaired) electrons. The van der Waals surface area contributed by atoms with Crippen molar-refractivity contribution in [3.63, 3.8) is 0 Å². The number of nitrogens with one attached hydrogen (secondary N) is 1. The Bertz CT molecular complexity index is 340. The molecule has 0 spiro atoms. The summed E-state index contributed by atoms with van der Waals surface area (Å²) in [4.78, 5) is 11.3. The number of amides is 1. The summed E-state index contributed by atoms with van der Waals surface area (Å²) in [6.07, 6.45) is 0. The summed E-state index contributed by atoms with van der Waals surface area (Å²) in [5, 5.41) is 2.79. The fourth-order valence-electron chi connectivity index (χ4n) is 1.37. The van der Waals surface area contributed by atoms with Gasteiger partial charge in [0.2, 0.25) is 5.91 Å². The number of ether oxygens (including phenoxy) is 1. The van der Waals surface area contributed by atoms with Gasteiger partial charge in [0.1, 0.15) is 6.61 Å². The van der Waals surface area contributed by atoms with Crippen molar-refractivity contribution in [2.75, 3.05) is 13.2 Å². The molecule has 1 rings (SSSR count). The highest BCUT2D eigenvalue weighted by Gasteiger charge is 2.03. The molecule has 0 saturated carbocycles. The lowest BCUT2D eigenvalue weighted by molar-refractivity contribution is -0.125. The molecular weight excluding hydrogens is 204 g/mol. The lowest BCUT2D eigenvalue weighted by Crippen LogP contribution is -2.27. The van der Waals surface area contributed by atoms with Crippen LogP contribution in [0.25, 0.3) is 0 Å². The first kappa shape index (κ1) is 12.7. The van der Waals surface area contributed by atoms with Crippen molar-refractivity contribution in [1.82, 2.24) is 5.32 Å². The quantitative estimate of drug-likeness (QED) is 0.748. The summed E-state index contributed by atoms with van der Waals surface area (Å²) < 4.78 is 5.00. The highest BCUT2D eigenvalue weighted by molar-refractivity contribution is 5.77. The Balaban J connectivity index is 2.44. The minimum atomic E-state index is -0.103. The number of nitrogens with two attached hydrogens (primary N) is 1. The van der Waals surface area contributed by atoms with E-state index in [0.717, 1.165) is 11.1 Å². The summed E-state index contributed by atoms with van der Waals surface area (Å²) in [5.74, 6) is -0.103. The number of benzene rings is 1. The van der Waals surface area contributed by atoms with Gasteiger partial charge in [-0.05, 0) is 18.1 Å². The third-order valence-corrected chi connectivity index (χ3v) is 2.25. The van der Waals surface area contributed by atoms with Crippen LogP contribution in [0.2, 0.25) is 0 Å². The van der Waals surface area contributed by atoms with Gasteiger partial charge in [-0.25, -0.2) is 0 Å². The van der Waals surface area contributed by atoms with Gasteiger partial charge in [-0.1, -0.05) is 24.3 Å². The minimum absolute atomic E-state index is 0.103. The maximum atomic E-state index is 11.3. The average molecular weight is 222 g/mol. The predicted octanol–water partition coefficient (Wildman–Crippen LogP) is 0.798. The molecule has 0 bridgehead atoms. The summed E-state index contributed by atoms with van der Waals surface area (Å²) >= 11 is 0. The first-order valence-electron chi connectivity index (χ1n) is 5.39. The van der Waals surface area contributed by atoms with Gasteiger partial charge in [-0.15, -0.1) is 0 Å². The Morgan fingerprint density at radius 2 is 2.06 bits per heavy atom. The summed E-state index contributed by atoms with van der Waals surface area (Å²) in [6, 6.07) is 7.80. The molecule has 4 heteroatoms. The minimum Gasteiger partial charge on any atom is -0.372 e. The van der Waals surface area contributed by atoms with Crippen LogP contribution in [0.4, 0.5) is 0 Å². The molecule has 88 valence electrons.